The second-order valence-electron chi connectivity index (χ2n) is 1.82. The van der Waals surface area contributed by atoms with Crippen molar-refractivity contribution < 1.29 is 8.78 Å². The van der Waals surface area contributed by atoms with Crippen molar-refractivity contribution in [1.29, 1.82) is 0 Å². The molecule has 1 unspecified atom stereocenters. The number of hydrogen-bond acceptors (Lipinski definition) is 1. The van der Waals surface area contributed by atoms with E-state index >= 15 is 0 Å². The van der Waals surface area contributed by atoms with Crippen molar-refractivity contribution in [2.75, 3.05) is 0 Å². The molecule has 0 N–H and O–H groups in total. The molecular weight excluding hydrogens is 118 g/mol. The van der Waals surface area contributed by atoms with Crippen LogP contribution in [0.15, 0.2) is 0 Å². The summed E-state index contributed by atoms with van der Waals surface area (Å²) < 4.78 is 23.7. The molecule has 0 bridgehead atoms. The molecule has 1 rings (SSSR count). The van der Waals surface area contributed by atoms with Crippen LogP contribution in [-0.4, -0.2) is 11.2 Å². The smallest absolute Gasteiger partial charge is 0.206 e. The summed E-state index contributed by atoms with van der Waals surface area (Å²) in [5, 5.41) is -0.660. The summed E-state index contributed by atoms with van der Waals surface area (Å²) >= 11 is 3.62. The minimum Gasteiger partial charge on any atom is -0.206 e. The number of alkyl halides is 2. The molecule has 7 heavy (non-hydrogen) atoms. The van der Waals surface area contributed by atoms with Crippen LogP contribution in [-0.2, 0) is 0 Å². The van der Waals surface area contributed by atoms with E-state index in [1.807, 2.05) is 0 Å². The lowest BCUT2D eigenvalue weighted by Crippen LogP contribution is -2.39. The number of hydrogen-bond donors (Lipinski definition) is 1. The van der Waals surface area contributed by atoms with Crippen LogP contribution in [0.1, 0.15) is 12.8 Å². The van der Waals surface area contributed by atoms with Crippen molar-refractivity contribution in [3.05, 3.63) is 0 Å². The molecule has 0 saturated heterocycles. The lowest BCUT2D eigenvalue weighted by Gasteiger charge is -2.32. The first-order chi connectivity index (χ1) is 3.13. The van der Waals surface area contributed by atoms with Crippen LogP contribution in [0.2, 0.25) is 0 Å². The van der Waals surface area contributed by atoms with Crippen molar-refractivity contribution in [2.24, 2.45) is 0 Å². The van der Waals surface area contributed by atoms with Crippen molar-refractivity contribution in [2.45, 2.75) is 24.0 Å². The van der Waals surface area contributed by atoms with Crippen LogP contribution in [0.3, 0.4) is 0 Å². The topological polar surface area (TPSA) is 0 Å². The van der Waals surface area contributed by atoms with E-state index < -0.39 is 11.2 Å². The Morgan fingerprint density at radius 3 is 2.00 bits per heavy atom. The summed E-state index contributed by atoms with van der Waals surface area (Å²) in [5.74, 6) is -2.46. The van der Waals surface area contributed by atoms with Crippen molar-refractivity contribution in [1.82, 2.24) is 0 Å². The first-order valence-corrected chi connectivity index (χ1v) is 2.70. The van der Waals surface area contributed by atoms with Gasteiger partial charge >= 0.3 is 0 Å². The Morgan fingerprint density at radius 2 is 2.00 bits per heavy atom. The third-order valence-corrected chi connectivity index (χ3v) is 1.87. The summed E-state index contributed by atoms with van der Waals surface area (Å²) in [6.45, 7) is 0. The maximum absolute atomic E-state index is 11.9. The SMILES string of the molecule is FC1(F)CCC1S. The fraction of sp³-hybridized carbons (Fsp3) is 1.00. The molecule has 0 aromatic heterocycles. The van der Waals surface area contributed by atoms with Gasteiger partial charge in [0.1, 0.15) is 0 Å². The van der Waals surface area contributed by atoms with E-state index in [0.717, 1.165) is 0 Å². The lowest BCUT2D eigenvalue weighted by molar-refractivity contribution is -0.0628. The third-order valence-electron chi connectivity index (χ3n) is 1.24. The average Bonchev–Trinajstić information content (AvgIpc) is 1.63. The molecule has 1 aliphatic rings. The zero-order chi connectivity index (χ0) is 5.49. The maximum Gasteiger partial charge on any atom is 0.259 e. The Hall–Kier alpha value is 0.210. The van der Waals surface area contributed by atoms with Crippen molar-refractivity contribution in [3.63, 3.8) is 0 Å². The molecule has 0 aliphatic heterocycles. The predicted molar refractivity (Wildman–Crippen MR) is 27.0 cm³/mol. The highest BCUT2D eigenvalue weighted by Gasteiger charge is 2.45. The van der Waals surface area contributed by atoms with E-state index in [9.17, 15) is 8.78 Å². The maximum atomic E-state index is 11.9. The molecule has 1 atom stereocenters. The van der Waals surface area contributed by atoms with Crippen LogP contribution >= 0.6 is 12.6 Å². The molecule has 0 amide bonds. The monoisotopic (exact) mass is 124 g/mol. The van der Waals surface area contributed by atoms with Gasteiger partial charge in [0.25, 0.3) is 5.92 Å². The zero-order valence-electron chi connectivity index (χ0n) is 3.69. The van der Waals surface area contributed by atoms with E-state index in [2.05, 4.69) is 12.6 Å². The first kappa shape index (κ1) is 5.35. The van der Waals surface area contributed by atoms with Crippen LogP contribution in [0.5, 0.6) is 0 Å². The zero-order valence-corrected chi connectivity index (χ0v) is 4.59. The van der Waals surface area contributed by atoms with E-state index in [1.54, 1.807) is 0 Å². The van der Waals surface area contributed by atoms with Gasteiger partial charge in [-0.15, -0.1) is 0 Å². The number of rotatable bonds is 0. The first-order valence-electron chi connectivity index (χ1n) is 2.19. The quantitative estimate of drug-likeness (QED) is 0.467. The van der Waals surface area contributed by atoms with Crippen LogP contribution < -0.4 is 0 Å². The highest BCUT2D eigenvalue weighted by Crippen LogP contribution is 2.40. The van der Waals surface area contributed by atoms with Crippen LogP contribution in [0.4, 0.5) is 8.78 Å². The molecule has 42 valence electrons. The minimum absolute atomic E-state index is 0.0289. The molecule has 0 spiro atoms. The fourth-order valence-electron chi connectivity index (χ4n) is 0.492. The van der Waals surface area contributed by atoms with E-state index in [0.29, 0.717) is 6.42 Å². The van der Waals surface area contributed by atoms with Gasteiger partial charge in [-0.1, -0.05) is 0 Å². The molecule has 0 nitrogen and oxygen atoms in total. The van der Waals surface area contributed by atoms with Gasteiger partial charge in [-0.3, -0.25) is 0 Å². The summed E-state index contributed by atoms with van der Waals surface area (Å²) in [4.78, 5) is 0. The predicted octanol–water partition coefficient (Wildman–Crippen LogP) is 1.71. The second-order valence-corrected chi connectivity index (χ2v) is 2.44. The second kappa shape index (κ2) is 1.34. The molecule has 0 aromatic rings. The standard InChI is InChI=1S/C4H6F2S/c5-4(6)2-1-3(4)7/h3,7H,1-2H2. The molecule has 1 aliphatic carbocycles. The van der Waals surface area contributed by atoms with Gasteiger partial charge in [0.2, 0.25) is 0 Å². The summed E-state index contributed by atoms with van der Waals surface area (Å²) in [5.41, 5.74) is 0. The molecule has 1 fully saturated rings. The van der Waals surface area contributed by atoms with E-state index in [-0.39, 0.29) is 6.42 Å². The van der Waals surface area contributed by atoms with Gasteiger partial charge < -0.3 is 0 Å². The normalized spacial score (nSPS) is 37.3. The Morgan fingerprint density at radius 1 is 1.57 bits per heavy atom. The highest BCUT2D eigenvalue weighted by atomic mass is 32.1. The largest absolute Gasteiger partial charge is 0.259 e. The molecule has 1 saturated carbocycles. The number of thiol groups is 1. The molecule has 3 heteroatoms. The molecule has 0 aromatic carbocycles. The highest BCUT2D eigenvalue weighted by molar-refractivity contribution is 7.81. The minimum atomic E-state index is -2.46. The fourth-order valence-corrected chi connectivity index (χ4v) is 0.750. The summed E-state index contributed by atoms with van der Waals surface area (Å²) in [6.07, 6.45) is 0.595. The van der Waals surface area contributed by atoms with Gasteiger partial charge in [0.05, 0.1) is 5.25 Å². The Bertz CT molecular complexity index is 81.8. The molecule has 0 heterocycles. The van der Waals surface area contributed by atoms with Crippen LogP contribution in [0.25, 0.3) is 0 Å². The summed E-state index contributed by atoms with van der Waals surface area (Å²) in [6, 6.07) is 0. The van der Waals surface area contributed by atoms with Gasteiger partial charge in [-0.25, -0.2) is 8.78 Å². The average molecular weight is 124 g/mol. The van der Waals surface area contributed by atoms with Crippen LogP contribution in [0, 0.1) is 0 Å². The molecule has 0 radical (unpaired) electrons. The third kappa shape index (κ3) is 0.738. The van der Waals surface area contributed by atoms with Gasteiger partial charge in [-0.05, 0) is 6.42 Å². The Labute approximate surface area is 46.3 Å². The van der Waals surface area contributed by atoms with Crippen molar-refractivity contribution >= 4 is 12.6 Å². The van der Waals surface area contributed by atoms with E-state index in [4.69, 9.17) is 0 Å². The number of halogens is 2. The lowest BCUT2D eigenvalue weighted by atomic mass is 9.94. The van der Waals surface area contributed by atoms with Gasteiger partial charge in [0, 0.05) is 6.42 Å². The Balaban J connectivity index is 2.43. The van der Waals surface area contributed by atoms with Crippen molar-refractivity contribution in [3.8, 4) is 0 Å². The Kier molecular flexibility index (Phi) is 1.02. The van der Waals surface area contributed by atoms with Gasteiger partial charge in [0.15, 0.2) is 0 Å². The van der Waals surface area contributed by atoms with Gasteiger partial charge in [-0.2, -0.15) is 12.6 Å². The van der Waals surface area contributed by atoms with E-state index in [1.165, 1.54) is 0 Å². The molecular formula is C4H6F2S. The summed E-state index contributed by atoms with van der Waals surface area (Å²) in [7, 11) is 0.